The lowest BCUT2D eigenvalue weighted by atomic mass is 10.0. The van der Waals surface area contributed by atoms with E-state index in [-0.39, 0.29) is 12.6 Å². The van der Waals surface area contributed by atoms with Crippen LogP contribution in [-0.4, -0.2) is 24.4 Å². The van der Waals surface area contributed by atoms with Crippen LogP contribution in [0.2, 0.25) is 0 Å². The first kappa shape index (κ1) is 12.0. The lowest BCUT2D eigenvalue weighted by molar-refractivity contribution is 0.233. The first-order valence-electron chi connectivity index (χ1n) is 6.99. The number of aliphatic hydroxyl groups is 1. The van der Waals surface area contributed by atoms with Gasteiger partial charge in [-0.1, -0.05) is 25.0 Å². The van der Waals surface area contributed by atoms with Crippen LogP contribution >= 0.6 is 0 Å². The molecule has 0 aromatic heterocycles. The molecule has 1 aromatic carbocycles. The number of hydrogen-bond acceptors (Lipinski definition) is 3. The number of hydrogen-bond donors (Lipinski definition) is 2. The molecule has 0 amide bonds. The minimum atomic E-state index is 0.0685. The summed E-state index contributed by atoms with van der Waals surface area (Å²) in [5, 5.41) is 13.2. The van der Waals surface area contributed by atoms with Gasteiger partial charge in [-0.2, -0.15) is 0 Å². The summed E-state index contributed by atoms with van der Waals surface area (Å²) in [5.74, 6) is 1.01. The number of rotatable bonds is 4. The monoisotopic (exact) mass is 247 g/mol. The Kier molecular flexibility index (Phi) is 3.52. The summed E-state index contributed by atoms with van der Waals surface area (Å²) >= 11 is 0. The molecule has 0 bridgehead atoms. The minimum Gasteiger partial charge on any atom is -0.493 e. The molecule has 2 aliphatic rings. The normalized spacial score (nSPS) is 20.7. The molecular formula is C15H21NO2. The summed E-state index contributed by atoms with van der Waals surface area (Å²) in [7, 11) is 0. The summed E-state index contributed by atoms with van der Waals surface area (Å²) in [6.45, 7) is 0.953. The zero-order chi connectivity index (χ0) is 12.4. The third kappa shape index (κ3) is 2.38. The van der Waals surface area contributed by atoms with Crippen LogP contribution in [-0.2, 0) is 6.42 Å². The number of fused-ring (bicyclic) bond motifs is 1. The van der Waals surface area contributed by atoms with Crippen molar-refractivity contribution in [3.05, 3.63) is 29.3 Å². The Labute approximate surface area is 108 Å². The van der Waals surface area contributed by atoms with Crippen molar-refractivity contribution < 1.29 is 9.84 Å². The summed E-state index contributed by atoms with van der Waals surface area (Å²) in [6.07, 6.45) is 6.10. The quantitative estimate of drug-likeness (QED) is 0.857. The molecule has 1 fully saturated rings. The molecule has 1 unspecified atom stereocenters. The van der Waals surface area contributed by atoms with E-state index in [1.165, 1.54) is 36.8 Å². The number of ether oxygens (including phenoxy) is 1. The van der Waals surface area contributed by atoms with Crippen LogP contribution in [0.15, 0.2) is 18.2 Å². The smallest absolute Gasteiger partial charge is 0.122 e. The third-order valence-corrected chi connectivity index (χ3v) is 4.09. The van der Waals surface area contributed by atoms with E-state index < -0.39 is 0 Å². The van der Waals surface area contributed by atoms with Crippen molar-refractivity contribution in [2.24, 2.45) is 0 Å². The second-order valence-corrected chi connectivity index (χ2v) is 5.35. The van der Waals surface area contributed by atoms with Crippen LogP contribution in [0.4, 0.5) is 0 Å². The van der Waals surface area contributed by atoms with E-state index in [1.54, 1.807) is 0 Å². The highest BCUT2D eigenvalue weighted by atomic mass is 16.5. The van der Waals surface area contributed by atoms with Crippen LogP contribution in [0.3, 0.4) is 0 Å². The molecule has 3 heteroatoms. The standard InChI is InChI=1S/C15H21NO2/c17-10-14(16-13-3-1-2-4-13)11-5-6-15-12(9-11)7-8-18-15/h5-6,9,13-14,16-17H,1-4,7-8,10H2. The highest BCUT2D eigenvalue weighted by Crippen LogP contribution is 2.29. The van der Waals surface area contributed by atoms with Gasteiger partial charge in [0, 0.05) is 12.5 Å². The molecule has 0 spiro atoms. The van der Waals surface area contributed by atoms with Gasteiger partial charge in [0.15, 0.2) is 0 Å². The van der Waals surface area contributed by atoms with Crippen LogP contribution in [0.25, 0.3) is 0 Å². The van der Waals surface area contributed by atoms with Gasteiger partial charge in [-0.15, -0.1) is 0 Å². The van der Waals surface area contributed by atoms with E-state index in [4.69, 9.17) is 4.74 Å². The number of aliphatic hydroxyl groups excluding tert-OH is 1. The summed E-state index contributed by atoms with van der Waals surface area (Å²) in [5.41, 5.74) is 2.47. The van der Waals surface area contributed by atoms with Crippen molar-refractivity contribution in [2.75, 3.05) is 13.2 Å². The van der Waals surface area contributed by atoms with E-state index >= 15 is 0 Å². The highest BCUT2D eigenvalue weighted by molar-refractivity contribution is 5.40. The molecule has 1 aliphatic heterocycles. The first-order valence-corrected chi connectivity index (χ1v) is 6.99. The van der Waals surface area contributed by atoms with Gasteiger partial charge in [-0.3, -0.25) is 0 Å². The van der Waals surface area contributed by atoms with Crippen LogP contribution in [0, 0.1) is 0 Å². The van der Waals surface area contributed by atoms with Gasteiger partial charge in [-0.25, -0.2) is 0 Å². The average Bonchev–Trinajstić information content (AvgIpc) is 3.06. The fourth-order valence-electron chi connectivity index (χ4n) is 3.05. The van der Waals surface area contributed by atoms with Gasteiger partial charge in [0.05, 0.1) is 19.3 Å². The van der Waals surface area contributed by atoms with E-state index in [2.05, 4.69) is 17.4 Å². The van der Waals surface area contributed by atoms with Crippen LogP contribution in [0.5, 0.6) is 5.75 Å². The maximum absolute atomic E-state index is 9.59. The molecule has 1 atom stereocenters. The van der Waals surface area contributed by atoms with Gasteiger partial charge in [0.1, 0.15) is 5.75 Å². The van der Waals surface area contributed by atoms with Gasteiger partial charge in [0.2, 0.25) is 0 Å². The molecular weight excluding hydrogens is 226 g/mol. The molecule has 1 aromatic rings. The molecule has 1 saturated carbocycles. The van der Waals surface area contributed by atoms with Crippen molar-refractivity contribution in [1.29, 1.82) is 0 Å². The van der Waals surface area contributed by atoms with E-state index in [0.29, 0.717) is 6.04 Å². The Hall–Kier alpha value is -1.06. The molecule has 0 saturated heterocycles. The van der Waals surface area contributed by atoms with Crippen molar-refractivity contribution in [2.45, 2.75) is 44.2 Å². The Morgan fingerprint density at radius 3 is 2.94 bits per heavy atom. The number of nitrogens with one attached hydrogen (secondary N) is 1. The van der Waals surface area contributed by atoms with Gasteiger partial charge >= 0.3 is 0 Å². The topological polar surface area (TPSA) is 41.5 Å². The first-order chi connectivity index (χ1) is 8.86. The maximum atomic E-state index is 9.59. The van der Waals surface area contributed by atoms with Gasteiger partial charge in [0.25, 0.3) is 0 Å². The zero-order valence-electron chi connectivity index (χ0n) is 10.7. The molecule has 1 aliphatic carbocycles. The third-order valence-electron chi connectivity index (χ3n) is 4.09. The Morgan fingerprint density at radius 2 is 2.17 bits per heavy atom. The lowest BCUT2D eigenvalue weighted by Crippen LogP contribution is -2.32. The van der Waals surface area contributed by atoms with Crippen LogP contribution < -0.4 is 10.1 Å². The van der Waals surface area contributed by atoms with Crippen molar-refractivity contribution in [3.8, 4) is 5.75 Å². The second kappa shape index (κ2) is 5.29. The minimum absolute atomic E-state index is 0.0685. The van der Waals surface area contributed by atoms with Crippen molar-refractivity contribution >= 4 is 0 Å². The Bertz CT molecular complexity index is 413. The molecule has 1 heterocycles. The van der Waals surface area contributed by atoms with Gasteiger partial charge < -0.3 is 15.2 Å². The maximum Gasteiger partial charge on any atom is 0.122 e. The molecule has 2 N–H and O–H groups in total. The van der Waals surface area contributed by atoms with Crippen LogP contribution in [0.1, 0.15) is 42.9 Å². The average molecular weight is 247 g/mol. The number of benzene rings is 1. The lowest BCUT2D eigenvalue weighted by Gasteiger charge is -2.22. The molecule has 98 valence electrons. The van der Waals surface area contributed by atoms with Gasteiger partial charge in [-0.05, 0) is 30.0 Å². The van der Waals surface area contributed by atoms with Crippen molar-refractivity contribution in [3.63, 3.8) is 0 Å². The summed E-state index contributed by atoms with van der Waals surface area (Å²) in [4.78, 5) is 0. The fraction of sp³-hybridized carbons (Fsp3) is 0.600. The molecule has 3 rings (SSSR count). The van der Waals surface area contributed by atoms with E-state index in [1.807, 2.05) is 6.07 Å². The summed E-state index contributed by atoms with van der Waals surface area (Å²) < 4.78 is 5.52. The fourth-order valence-corrected chi connectivity index (χ4v) is 3.05. The SMILES string of the molecule is OCC(NC1CCCC1)c1ccc2c(c1)CCO2. The molecule has 18 heavy (non-hydrogen) atoms. The predicted octanol–water partition coefficient (Wildman–Crippen LogP) is 2.19. The Balaban J connectivity index is 1.74. The molecule has 0 radical (unpaired) electrons. The summed E-state index contributed by atoms with van der Waals surface area (Å²) in [6, 6.07) is 6.94. The molecule has 3 nitrogen and oxygen atoms in total. The van der Waals surface area contributed by atoms with E-state index in [0.717, 1.165) is 18.8 Å². The predicted molar refractivity (Wildman–Crippen MR) is 70.9 cm³/mol. The largest absolute Gasteiger partial charge is 0.493 e. The van der Waals surface area contributed by atoms with E-state index in [9.17, 15) is 5.11 Å². The highest BCUT2D eigenvalue weighted by Gasteiger charge is 2.21. The second-order valence-electron chi connectivity index (χ2n) is 5.35. The van der Waals surface area contributed by atoms with Crippen molar-refractivity contribution in [1.82, 2.24) is 5.32 Å². The Morgan fingerprint density at radius 1 is 1.33 bits per heavy atom. The zero-order valence-corrected chi connectivity index (χ0v) is 10.7.